The lowest BCUT2D eigenvalue weighted by atomic mass is 10.0. The van der Waals surface area contributed by atoms with Gasteiger partial charge in [0.2, 0.25) is 0 Å². The molecule has 0 aliphatic heterocycles. The van der Waals surface area contributed by atoms with E-state index in [-0.39, 0.29) is 0 Å². The average Bonchev–Trinajstić information content (AvgIpc) is 2.47. The summed E-state index contributed by atoms with van der Waals surface area (Å²) in [5.74, 6) is 0. The fraction of sp³-hybridized carbons (Fsp3) is 0.667. The second-order valence-corrected chi connectivity index (χ2v) is 6.61. The Balaban J connectivity index is 2.64. The SMILES string of the molecule is CCCNC(CCN(CCC)CCC)c1cccc(Br)c1. The summed E-state index contributed by atoms with van der Waals surface area (Å²) in [7, 11) is 0. The second kappa shape index (κ2) is 11.2. The maximum Gasteiger partial charge on any atom is 0.0332 e. The van der Waals surface area contributed by atoms with Crippen LogP contribution >= 0.6 is 15.9 Å². The first-order chi connectivity index (χ1) is 10.2. The lowest BCUT2D eigenvalue weighted by Crippen LogP contribution is -2.31. The van der Waals surface area contributed by atoms with Gasteiger partial charge in [-0.05, 0) is 69.6 Å². The van der Waals surface area contributed by atoms with E-state index in [1.807, 2.05) is 0 Å². The van der Waals surface area contributed by atoms with Crippen molar-refractivity contribution in [3.8, 4) is 0 Å². The average molecular weight is 355 g/mol. The van der Waals surface area contributed by atoms with Gasteiger partial charge in [-0.1, -0.05) is 48.8 Å². The zero-order valence-corrected chi connectivity index (χ0v) is 15.5. The Morgan fingerprint density at radius 2 is 1.76 bits per heavy atom. The molecule has 1 atom stereocenters. The molecule has 21 heavy (non-hydrogen) atoms. The number of nitrogens with one attached hydrogen (secondary N) is 1. The van der Waals surface area contributed by atoms with Crippen molar-refractivity contribution in [3.63, 3.8) is 0 Å². The van der Waals surface area contributed by atoms with E-state index in [1.54, 1.807) is 0 Å². The fourth-order valence-corrected chi connectivity index (χ4v) is 3.12. The van der Waals surface area contributed by atoms with E-state index in [1.165, 1.54) is 55.4 Å². The highest BCUT2D eigenvalue weighted by Crippen LogP contribution is 2.21. The molecule has 1 aromatic rings. The van der Waals surface area contributed by atoms with E-state index in [0.717, 1.165) is 6.54 Å². The molecule has 1 unspecified atom stereocenters. The van der Waals surface area contributed by atoms with Crippen molar-refractivity contribution in [2.24, 2.45) is 0 Å². The van der Waals surface area contributed by atoms with Gasteiger partial charge in [-0.3, -0.25) is 0 Å². The van der Waals surface area contributed by atoms with Gasteiger partial charge in [-0.25, -0.2) is 0 Å². The zero-order valence-electron chi connectivity index (χ0n) is 13.9. The van der Waals surface area contributed by atoms with Gasteiger partial charge in [0.15, 0.2) is 0 Å². The molecule has 0 heterocycles. The van der Waals surface area contributed by atoms with Gasteiger partial charge in [-0.15, -0.1) is 0 Å². The molecule has 2 nitrogen and oxygen atoms in total. The van der Waals surface area contributed by atoms with Crippen LogP contribution in [0.15, 0.2) is 28.7 Å². The monoisotopic (exact) mass is 354 g/mol. The molecule has 0 radical (unpaired) electrons. The molecular weight excluding hydrogens is 324 g/mol. The first-order valence-electron chi connectivity index (χ1n) is 8.42. The van der Waals surface area contributed by atoms with Crippen molar-refractivity contribution in [2.45, 2.75) is 52.5 Å². The van der Waals surface area contributed by atoms with Crippen LogP contribution in [0.25, 0.3) is 0 Å². The molecule has 0 saturated heterocycles. The van der Waals surface area contributed by atoms with E-state index in [2.05, 4.69) is 71.2 Å². The van der Waals surface area contributed by atoms with Crippen LogP contribution in [-0.4, -0.2) is 31.1 Å². The van der Waals surface area contributed by atoms with Crippen LogP contribution < -0.4 is 5.32 Å². The zero-order chi connectivity index (χ0) is 15.5. The molecule has 0 amide bonds. The Kier molecular flexibility index (Phi) is 9.98. The molecule has 0 aliphatic rings. The smallest absolute Gasteiger partial charge is 0.0332 e. The van der Waals surface area contributed by atoms with Gasteiger partial charge >= 0.3 is 0 Å². The topological polar surface area (TPSA) is 15.3 Å². The predicted octanol–water partition coefficient (Wildman–Crippen LogP) is 5.00. The molecule has 120 valence electrons. The molecule has 1 N–H and O–H groups in total. The lowest BCUT2D eigenvalue weighted by Gasteiger charge is -2.25. The number of nitrogens with zero attached hydrogens (tertiary/aromatic N) is 1. The summed E-state index contributed by atoms with van der Waals surface area (Å²) in [4.78, 5) is 2.60. The van der Waals surface area contributed by atoms with Crippen molar-refractivity contribution in [3.05, 3.63) is 34.3 Å². The van der Waals surface area contributed by atoms with E-state index in [4.69, 9.17) is 0 Å². The minimum Gasteiger partial charge on any atom is -0.310 e. The highest BCUT2D eigenvalue weighted by molar-refractivity contribution is 9.10. The van der Waals surface area contributed by atoms with Gasteiger partial charge in [-0.2, -0.15) is 0 Å². The van der Waals surface area contributed by atoms with Crippen molar-refractivity contribution in [1.29, 1.82) is 0 Å². The Morgan fingerprint density at radius 1 is 1.05 bits per heavy atom. The van der Waals surface area contributed by atoms with E-state index >= 15 is 0 Å². The van der Waals surface area contributed by atoms with Gasteiger partial charge in [0.25, 0.3) is 0 Å². The molecule has 0 saturated carbocycles. The summed E-state index contributed by atoms with van der Waals surface area (Å²) in [5.41, 5.74) is 1.39. The molecule has 0 bridgehead atoms. The summed E-state index contributed by atoms with van der Waals surface area (Å²) < 4.78 is 1.17. The van der Waals surface area contributed by atoms with Crippen molar-refractivity contribution < 1.29 is 0 Å². The second-order valence-electron chi connectivity index (χ2n) is 5.69. The summed E-state index contributed by atoms with van der Waals surface area (Å²) >= 11 is 3.59. The molecule has 0 spiro atoms. The molecule has 1 rings (SSSR count). The van der Waals surface area contributed by atoms with E-state index in [0.29, 0.717) is 6.04 Å². The maximum atomic E-state index is 3.71. The van der Waals surface area contributed by atoms with Crippen molar-refractivity contribution in [2.75, 3.05) is 26.2 Å². The van der Waals surface area contributed by atoms with Crippen LogP contribution in [0.5, 0.6) is 0 Å². The summed E-state index contributed by atoms with van der Waals surface area (Å²) in [5, 5.41) is 3.71. The molecule has 0 aromatic heterocycles. The third-order valence-corrected chi connectivity index (χ3v) is 4.20. The number of benzene rings is 1. The van der Waals surface area contributed by atoms with Crippen LogP contribution in [0.2, 0.25) is 0 Å². The largest absolute Gasteiger partial charge is 0.310 e. The van der Waals surface area contributed by atoms with Gasteiger partial charge < -0.3 is 10.2 Å². The normalized spacial score (nSPS) is 12.8. The minimum atomic E-state index is 0.457. The minimum absolute atomic E-state index is 0.457. The third kappa shape index (κ3) is 7.44. The third-order valence-electron chi connectivity index (χ3n) is 3.71. The van der Waals surface area contributed by atoms with Gasteiger partial charge in [0.05, 0.1) is 0 Å². The van der Waals surface area contributed by atoms with Gasteiger partial charge in [0.1, 0.15) is 0 Å². The number of rotatable bonds is 11. The maximum absolute atomic E-state index is 3.71. The Morgan fingerprint density at radius 3 is 2.33 bits per heavy atom. The first kappa shape index (κ1) is 18.7. The number of hydrogen-bond acceptors (Lipinski definition) is 2. The molecule has 0 aliphatic carbocycles. The summed E-state index contributed by atoms with van der Waals surface area (Å²) in [6.07, 6.45) is 4.84. The van der Waals surface area contributed by atoms with Crippen LogP contribution in [0, 0.1) is 0 Å². The van der Waals surface area contributed by atoms with Crippen LogP contribution in [0.3, 0.4) is 0 Å². The predicted molar refractivity (Wildman–Crippen MR) is 96.8 cm³/mol. The molecule has 0 fully saturated rings. The Bertz CT molecular complexity index is 375. The first-order valence-corrected chi connectivity index (χ1v) is 9.21. The quantitative estimate of drug-likeness (QED) is 0.601. The van der Waals surface area contributed by atoms with Crippen LogP contribution in [0.1, 0.15) is 58.1 Å². The van der Waals surface area contributed by atoms with Gasteiger partial charge in [0, 0.05) is 10.5 Å². The van der Waals surface area contributed by atoms with E-state index < -0.39 is 0 Å². The summed E-state index contributed by atoms with van der Waals surface area (Å²) in [6, 6.07) is 9.18. The van der Waals surface area contributed by atoms with E-state index in [9.17, 15) is 0 Å². The molecule has 3 heteroatoms. The molecule has 1 aromatic carbocycles. The Labute approximate surface area is 139 Å². The highest BCUT2D eigenvalue weighted by atomic mass is 79.9. The molecular formula is C18H31BrN2. The highest BCUT2D eigenvalue weighted by Gasteiger charge is 2.13. The van der Waals surface area contributed by atoms with Crippen LogP contribution in [-0.2, 0) is 0 Å². The standard InChI is InChI=1S/C18H31BrN2/c1-4-11-20-18(16-8-7-9-17(19)15-16)10-14-21(12-5-2)13-6-3/h7-9,15,18,20H,4-6,10-14H2,1-3H3. The lowest BCUT2D eigenvalue weighted by molar-refractivity contribution is 0.257. The fourth-order valence-electron chi connectivity index (χ4n) is 2.71. The van der Waals surface area contributed by atoms with Crippen molar-refractivity contribution >= 4 is 15.9 Å². The van der Waals surface area contributed by atoms with Crippen LogP contribution in [0.4, 0.5) is 0 Å². The Hall–Kier alpha value is -0.380. The van der Waals surface area contributed by atoms with Crippen molar-refractivity contribution in [1.82, 2.24) is 10.2 Å². The number of halogens is 1. The summed E-state index contributed by atoms with van der Waals surface area (Å²) in [6.45, 7) is 11.5. The number of hydrogen-bond donors (Lipinski definition) is 1.